The molecule has 8 heteroatoms. The number of ether oxygens (including phenoxy) is 2. The highest BCUT2D eigenvalue weighted by molar-refractivity contribution is 9.10. The molecular weight excluding hydrogens is 442 g/mol. The van der Waals surface area contributed by atoms with Crippen molar-refractivity contribution in [3.8, 4) is 11.5 Å². The first-order valence-corrected chi connectivity index (χ1v) is 10.4. The number of fused-ring (bicyclic) bond motifs is 1. The number of para-hydroxylation sites is 2. The second-order valence-corrected chi connectivity index (χ2v) is 8.62. The summed E-state index contributed by atoms with van der Waals surface area (Å²) in [5.41, 5.74) is 0.672. The second kappa shape index (κ2) is 7.97. The molecular formula is C20H18BrN3O3S. The van der Waals surface area contributed by atoms with Crippen molar-refractivity contribution in [1.29, 1.82) is 0 Å². The van der Waals surface area contributed by atoms with E-state index in [-0.39, 0.29) is 17.1 Å². The minimum Gasteiger partial charge on any atom is -0.485 e. The molecule has 0 bridgehead atoms. The number of aromatic nitrogens is 3. The van der Waals surface area contributed by atoms with E-state index in [1.54, 1.807) is 0 Å². The van der Waals surface area contributed by atoms with Crippen LogP contribution in [-0.4, -0.2) is 32.4 Å². The standard InChI is InChI=1S/C20H18BrN3O3S/c1-12(18(25)13-7-9-14(21)10-8-13)28-20-23-22-19(24(20)2)17-11-26-15-5-3-4-6-16(15)27-17/h3-10,12,17H,11H2,1-2H3. The Labute approximate surface area is 175 Å². The van der Waals surface area contributed by atoms with Gasteiger partial charge in [0.2, 0.25) is 0 Å². The lowest BCUT2D eigenvalue weighted by atomic mass is 10.1. The number of hydrogen-bond acceptors (Lipinski definition) is 6. The van der Waals surface area contributed by atoms with Crippen LogP contribution >= 0.6 is 27.7 Å². The zero-order valence-corrected chi connectivity index (χ0v) is 17.7. The van der Waals surface area contributed by atoms with E-state index in [0.717, 1.165) is 10.2 Å². The van der Waals surface area contributed by atoms with Gasteiger partial charge in [-0.2, -0.15) is 0 Å². The summed E-state index contributed by atoms with van der Waals surface area (Å²) in [6.07, 6.45) is -0.348. The fraction of sp³-hybridized carbons (Fsp3) is 0.250. The molecule has 0 N–H and O–H groups in total. The summed E-state index contributed by atoms with van der Waals surface area (Å²) in [5.74, 6) is 2.13. The largest absolute Gasteiger partial charge is 0.485 e. The lowest BCUT2D eigenvalue weighted by Crippen LogP contribution is -2.24. The van der Waals surface area contributed by atoms with Gasteiger partial charge < -0.3 is 14.0 Å². The van der Waals surface area contributed by atoms with Gasteiger partial charge in [-0.1, -0.05) is 52.0 Å². The molecule has 2 unspecified atom stereocenters. The molecule has 2 atom stereocenters. The first-order chi connectivity index (χ1) is 13.5. The number of carbonyl (C=O) groups excluding carboxylic acids is 1. The molecule has 0 fully saturated rings. The van der Waals surface area contributed by atoms with Gasteiger partial charge in [0.15, 0.2) is 34.4 Å². The van der Waals surface area contributed by atoms with Gasteiger partial charge in [0.1, 0.15) is 6.61 Å². The molecule has 1 aliphatic heterocycles. The van der Waals surface area contributed by atoms with E-state index in [2.05, 4.69) is 26.1 Å². The van der Waals surface area contributed by atoms with Gasteiger partial charge in [0, 0.05) is 17.1 Å². The van der Waals surface area contributed by atoms with Crippen LogP contribution in [0.15, 0.2) is 58.2 Å². The fourth-order valence-electron chi connectivity index (χ4n) is 2.92. The van der Waals surface area contributed by atoms with E-state index >= 15 is 0 Å². The number of halogens is 1. The Hall–Kier alpha value is -2.32. The second-order valence-electron chi connectivity index (χ2n) is 6.40. The third kappa shape index (κ3) is 3.79. The van der Waals surface area contributed by atoms with Crippen molar-refractivity contribution in [2.45, 2.75) is 23.4 Å². The van der Waals surface area contributed by atoms with Crippen molar-refractivity contribution in [2.24, 2.45) is 7.05 Å². The summed E-state index contributed by atoms with van der Waals surface area (Å²) >= 11 is 4.76. The van der Waals surface area contributed by atoms with Gasteiger partial charge in [0.25, 0.3) is 0 Å². The Morgan fingerprint density at radius 3 is 2.64 bits per heavy atom. The molecule has 0 saturated heterocycles. The van der Waals surface area contributed by atoms with Crippen LogP contribution in [0.3, 0.4) is 0 Å². The summed E-state index contributed by atoms with van der Waals surface area (Å²) in [6, 6.07) is 14.9. The SMILES string of the molecule is CC(Sc1nnc(C2COc3ccccc3O2)n1C)C(=O)c1ccc(Br)cc1. The van der Waals surface area contributed by atoms with Crippen molar-refractivity contribution in [1.82, 2.24) is 14.8 Å². The number of thioether (sulfide) groups is 1. The highest BCUT2D eigenvalue weighted by atomic mass is 79.9. The third-order valence-corrected chi connectivity index (χ3v) is 6.11. The van der Waals surface area contributed by atoms with Gasteiger partial charge in [-0.3, -0.25) is 4.79 Å². The summed E-state index contributed by atoms with van der Waals surface area (Å²) in [7, 11) is 1.87. The number of ketones is 1. The number of carbonyl (C=O) groups is 1. The van der Waals surface area contributed by atoms with Crippen molar-refractivity contribution in [3.63, 3.8) is 0 Å². The average molecular weight is 460 g/mol. The Morgan fingerprint density at radius 2 is 1.89 bits per heavy atom. The first-order valence-electron chi connectivity index (χ1n) is 8.77. The van der Waals surface area contributed by atoms with Gasteiger partial charge >= 0.3 is 0 Å². The van der Waals surface area contributed by atoms with Crippen LogP contribution in [0.2, 0.25) is 0 Å². The minimum absolute atomic E-state index is 0.0493. The molecule has 0 amide bonds. The third-order valence-electron chi connectivity index (χ3n) is 4.45. The highest BCUT2D eigenvalue weighted by Gasteiger charge is 2.28. The maximum atomic E-state index is 12.7. The molecule has 2 aromatic carbocycles. The van der Waals surface area contributed by atoms with Crippen molar-refractivity contribution < 1.29 is 14.3 Å². The molecule has 1 aromatic heterocycles. The normalized spacial score (nSPS) is 16.6. The molecule has 0 aliphatic carbocycles. The van der Waals surface area contributed by atoms with Crippen molar-refractivity contribution in [2.75, 3.05) is 6.61 Å². The van der Waals surface area contributed by atoms with Gasteiger partial charge in [-0.25, -0.2) is 0 Å². The van der Waals surface area contributed by atoms with Gasteiger partial charge in [0.05, 0.1) is 5.25 Å². The van der Waals surface area contributed by atoms with Crippen LogP contribution in [0.5, 0.6) is 11.5 Å². The molecule has 0 saturated carbocycles. The molecule has 2 heterocycles. The predicted octanol–water partition coefficient (Wildman–Crippen LogP) is 4.45. The Morgan fingerprint density at radius 1 is 1.18 bits per heavy atom. The summed E-state index contributed by atoms with van der Waals surface area (Å²) < 4.78 is 14.6. The molecule has 144 valence electrons. The lowest BCUT2D eigenvalue weighted by molar-refractivity contribution is 0.0825. The zero-order chi connectivity index (χ0) is 19.7. The fourth-order valence-corrected chi connectivity index (χ4v) is 4.08. The number of hydrogen-bond donors (Lipinski definition) is 0. The van der Waals surface area contributed by atoms with E-state index < -0.39 is 0 Å². The quantitative estimate of drug-likeness (QED) is 0.414. The van der Waals surface area contributed by atoms with Crippen LogP contribution in [0, 0.1) is 0 Å². The van der Waals surface area contributed by atoms with Gasteiger partial charge in [-0.05, 0) is 31.2 Å². The lowest BCUT2D eigenvalue weighted by Gasteiger charge is -2.25. The number of rotatable bonds is 5. The summed E-state index contributed by atoms with van der Waals surface area (Å²) in [6.45, 7) is 2.24. The maximum Gasteiger partial charge on any atom is 0.192 e. The van der Waals surface area contributed by atoms with Crippen molar-refractivity contribution >= 4 is 33.5 Å². The van der Waals surface area contributed by atoms with Crippen LogP contribution in [0.4, 0.5) is 0 Å². The average Bonchev–Trinajstić information content (AvgIpc) is 3.08. The molecule has 1 aliphatic rings. The Bertz CT molecular complexity index is 1010. The molecule has 0 radical (unpaired) electrons. The molecule has 6 nitrogen and oxygen atoms in total. The topological polar surface area (TPSA) is 66.2 Å². The molecule has 4 rings (SSSR count). The molecule has 3 aromatic rings. The summed E-state index contributed by atoms with van der Waals surface area (Å²) in [4.78, 5) is 12.7. The smallest absolute Gasteiger partial charge is 0.192 e. The summed E-state index contributed by atoms with van der Waals surface area (Å²) in [5, 5.41) is 8.91. The first kappa shape index (κ1) is 19.0. The number of nitrogens with zero attached hydrogens (tertiary/aromatic N) is 3. The van der Waals surface area contributed by atoms with E-state index in [4.69, 9.17) is 9.47 Å². The predicted molar refractivity (Wildman–Crippen MR) is 110 cm³/mol. The van der Waals surface area contributed by atoms with Crippen LogP contribution in [0.25, 0.3) is 0 Å². The number of Topliss-reactive ketones (excluding diaryl/α,β-unsaturated/α-hetero) is 1. The monoisotopic (exact) mass is 459 g/mol. The van der Waals surface area contributed by atoms with Gasteiger partial charge in [-0.15, -0.1) is 10.2 Å². The molecule has 0 spiro atoms. The minimum atomic E-state index is -0.348. The van der Waals surface area contributed by atoms with Crippen LogP contribution in [-0.2, 0) is 7.05 Å². The van der Waals surface area contributed by atoms with E-state index in [9.17, 15) is 4.79 Å². The van der Waals surface area contributed by atoms with E-state index in [1.807, 2.05) is 67.1 Å². The van der Waals surface area contributed by atoms with Crippen LogP contribution < -0.4 is 9.47 Å². The van der Waals surface area contributed by atoms with E-state index in [1.165, 1.54) is 11.8 Å². The van der Waals surface area contributed by atoms with Crippen molar-refractivity contribution in [3.05, 3.63) is 64.4 Å². The van der Waals surface area contributed by atoms with E-state index in [0.29, 0.717) is 28.9 Å². The Balaban J connectivity index is 1.48. The zero-order valence-electron chi connectivity index (χ0n) is 15.3. The Kier molecular flexibility index (Phi) is 5.41. The highest BCUT2D eigenvalue weighted by Crippen LogP contribution is 2.36. The molecule has 28 heavy (non-hydrogen) atoms. The number of benzene rings is 2. The van der Waals surface area contributed by atoms with Crippen LogP contribution in [0.1, 0.15) is 29.2 Å². The maximum absolute atomic E-state index is 12.7.